The number of carbonyl (C=O) groups is 1. The molecule has 2 aromatic carbocycles. The molecule has 0 saturated heterocycles. The molecule has 0 atom stereocenters. The summed E-state index contributed by atoms with van der Waals surface area (Å²) in [4.78, 5) is 12.9. The van der Waals surface area contributed by atoms with Gasteiger partial charge in [-0.05, 0) is 48.2 Å². The molecule has 104 valence electrons. The van der Waals surface area contributed by atoms with Crippen molar-refractivity contribution in [3.8, 4) is 0 Å². The van der Waals surface area contributed by atoms with Crippen molar-refractivity contribution in [2.45, 2.75) is 11.4 Å². The Kier molecular flexibility index (Phi) is 5.32. The molecule has 0 unspecified atom stereocenters. The van der Waals surface area contributed by atoms with E-state index in [4.69, 9.17) is 11.6 Å². The maximum Gasteiger partial charge on any atom is 0.319 e. The largest absolute Gasteiger partial charge is 0.334 e. The van der Waals surface area contributed by atoms with Gasteiger partial charge in [0.15, 0.2) is 0 Å². The summed E-state index contributed by atoms with van der Waals surface area (Å²) < 4.78 is 0. The minimum absolute atomic E-state index is 0.235. The van der Waals surface area contributed by atoms with Crippen LogP contribution in [0, 0.1) is 0 Å². The zero-order valence-corrected chi connectivity index (χ0v) is 12.6. The highest BCUT2D eigenvalue weighted by Gasteiger charge is 2.01. The number of halogens is 1. The van der Waals surface area contributed by atoms with E-state index < -0.39 is 0 Å². The van der Waals surface area contributed by atoms with Gasteiger partial charge in [-0.25, -0.2) is 4.79 Å². The number of anilines is 1. The van der Waals surface area contributed by atoms with Crippen LogP contribution in [0.1, 0.15) is 5.56 Å². The third kappa shape index (κ3) is 4.47. The zero-order valence-electron chi connectivity index (χ0n) is 11.0. The highest BCUT2D eigenvalue weighted by molar-refractivity contribution is 7.98. The van der Waals surface area contributed by atoms with E-state index in [-0.39, 0.29) is 6.03 Å². The Morgan fingerprint density at radius 1 is 1.10 bits per heavy atom. The van der Waals surface area contributed by atoms with E-state index in [0.29, 0.717) is 17.3 Å². The average Bonchev–Trinajstić information content (AvgIpc) is 2.48. The van der Waals surface area contributed by atoms with Crippen LogP contribution >= 0.6 is 23.4 Å². The van der Waals surface area contributed by atoms with Crippen LogP contribution in [0.3, 0.4) is 0 Å². The molecule has 0 spiro atoms. The molecule has 0 aliphatic rings. The van der Waals surface area contributed by atoms with Gasteiger partial charge >= 0.3 is 6.03 Å². The number of thioether (sulfide) groups is 1. The number of amides is 2. The fourth-order valence-corrected chi connectivity index (χ4v) is 2.17. The first-order valence-electron chi connectivity index (χ1n) is 6.11. The van der Waals surface area contributed by atoms with Crippen molar-refractivity contribution >= 4 is 35.1 Å². The third-order valence-electron chi connectivity index (χ3n) is 2.71. The van der Waals surface area contributed by atoms with Crippen LogP contribution in [0.4, 0.5) is 10.5 Å². The topological polar surface area (TPSA) is 41.1 Å². The molecule has 20 heavy (non-hydrogen) atoms. The molecule has 0 bridgehead atoms. The number of urea groups is 1. The maximum absolute atomic E-state index is 11.7. The highest BCUT2D eigenvalue weighted by atomic mass is 35.5. The minimum Gasteiger partial charge on any atom is -0.334 e. The summed E-state index contributed by atoms with van der Waals surface area (Å²) in [6, 6.07) is 14.8. The zero-order chi connectivity index (χ0) is 14.4. The molecule has 0 aliphatic heterocycles. The van der Waals surface area contributed by atoms with E-state index in [1.807, 2.05) is 30.5 Å². The second-order valence-corrected chi connectivity index (χ2v) is 5.48. The fraction of sp³-hybridized carbons (Fsp3) is 0.133. The van der Waals surface area contributed by atoms with Crippen LogP contribution in [-0.4, -0.2) is 12.3 Å². The van der Waals surface area contributed by atoms with Gasteiger partial charge in [0.1, 0.15) is 0 Å². The second kappa shape index (κ2) is 7.22. The number of hydrogen-bond donors (Lipinski definition) is 2. The van der Waals surface area contributed by atoms with Gasteiger partial charge in [0.05, 0.1) is 0 Å². The van der Waals surface area contributed by atoms with Crippen LogP contribution in [0.25, 0.3) is 0 Å². The number of hydrogen-bond acceptors (Lipinski definition) is 2. The van der Waals surface area contributed by atoms with Gasteiger partial charge in [0.25, 0.3) is 0 Å². The number of nitrogens with one attached hydrogen (secondary N) is 2. The van der Waals surface area contributed by atoms with Gasteiger partial charge in [0, 0.05) is 22.2 Å². The third-order valence-corrected chi connectivity index (χ3v) is 3.71. The Morgan fingerprint density at radius 2 is 1.75 bits per heavy atom. The average molecular weight is 307 g/mol. The van der Waals surface area contributed by atoms with Crippen molar-refractivity contribution in [2.75, 3.05) is 11.6 Å². The molecule has 2 aromatic rings. The Morgan fingerprint density at radius 3 is 2.35 bits per heavy atom. The molecule has 0 radical (unpaired) electrons. The number of benzene rings is 2. The van der Waals surface area contributed by atoms with E-state index in [1.165, 1.54) is 4.90 Å². The summed E-state index contributed by atoms with van der Waals surface area (Å²) in [6.07, 6.45) is 2.03. The van der Waals surface area contributed by atoms with Crippen molar-refractivity contribution in [1.82, 2.24) is 5.32 Å². The summed E-state index contributed by atoms with van der Waals surface area (Å²) in [6.45, 7) is 0.494. The normalized spacial score (nSPS) is 10.1. The van der Waals surface area contributed by atoms with Crippen molar-refractivity contribution in [1.29, 1.82) is 0 Å². The van der Waals surface area contributed by atoms with E-state index in [9.17, 15) is 4.79 Å². The predicted molar refractivity (Wildman–Crippen MR) is 85.5 cm³/mol. The van der Waals surface area contributed by atoms with Gasteiger partial charge in [-0.15, -0.1) is 11.8 Å². The monoisotopic (exact) mass is 306 g/mol. The van der Waals surface area contributed by atoms with Gasteiger partial charge in [-0.2, -0.15) is 0 Å². The first-order chi connectivity index (χ1) is 9.67. The summed E-state index contributed by atoms with van der Waals surface area (Å²) in [5.41, 5.74) is 1.78. The SMILES string of the molecule is CSc1ccc(CNC(=O)Nc2ccc(Cl)cc2)cc1. The van der Waals surface area contributed by atoms with Gasteiger partial charge < -0.3 is 10.6 Å². The maximum atomic E-state index is 11.7. The summed E-state index contributed by atoms with van der Waals surface area (Å²) in [5, 5.41) is 6.20. The summed E-state index contributed by atoms with van der Waals surface area (Å²) >= 11 is 7.48. The smallest absolute Gasteiger partial charge is 0.319 e. The van der Waals surface area contributed by atoms with Gasteiger partial charge in [-0.1, -0.05) is 23.7 Å². The lowest BCUT2D eigenvalue weighted by atomic mass is 10.2. The van der Waals surface area contributed by atoms with Crippen LogP contribution < -0.4 is 10.6 Å². The van der Waals surface area contributed by atoms with E-state index >= 15 is 0 Å². The fourth-order valence-electron chi connectivity index (χ4n) is 1.63. The molecular weight excluding hydrogens is 292 g/mol. The summed E-state index contributed by atoms with van der Waals surface area (Å²) in [7, 11) is 0. The Hall–Kier alpha value is -1.65. The molecule has 2 amide bonds. The van der Waals surface area contributed by atoms with Crippen molar-refractivity contribution in [3.63, 3.8) is 0 Å². The quantitative estimate of drug-likeness (QED) is 0.823. The van der Waals surface area contributed by atoms with Crippen LogP contribution in [-0.2, 0) is 6.54 Å². The lowest BCUT2D eigenvalue weighted by molar-refractivity contribution is 0.251. The number of rotatable bonds is 4. The lowest BCUT2D eigenvalue weighted by Gasteiger charge is -2.08. The van der Waals surface area contributed by atoms with Crippen LogP contribution in [0.15, 0.2) is 53.4 Å². The molecule has 0 fully saturated rings. The van der Waals surface area contributed by atoms with Crippen LogP contribution in [0.2, 0.25) is 5.02 Å². The van der Waals surface area contributed by atoms with Gasteiger partial charge in [-0.3, -0.25) is 0 Å². The van der Waals surface area contributed by atoms with Gasteiger partial charge in [0.2, 0.25) is 0 Å². The van der Waals surface area contributed by atoms with E-state index in [0.717, 1.165) is 5.56 Å². The summed E-state index contributed by atoms with van der Waals surface area (Å²) in [5.74, 6) is 0. The highest BCUT2D eigenvalue weighted by Crippen LogP contribution is 2.15. The van der Waals surface area contributed by atoms with Crippen LogP contribution in [0.5, 0.6) is 0 Å². The Balaban J connectivity index is 1.83. The molecular formula is C15H15ClN2OS. The lowest BCUT2D eigenvalue weighted by Crippen LogP contribution is -2.28. The molecule has 5 heteroatoms. The van der Waals surface area contributed by atoms with Crippen molar-refractivity contribution < 1.29 is 4.79 Å². The molecule has 2 N–H and O–H groups in total. The van der Waals surface area contributed by atoms with E-state index in [1.54, 1.807) is 36.0 Å². The molecule has 0 aromatic heterocycles. The molecule has 0 saturated carbocycles. The van der Waals surface area contributed by atoms with Crippen molar-refractivity contribution in [2.24, 2.45) is 0 Å². The first kappa shape index (κ1) is 14.8. The number of carbonyl (C=O) groups excluding carboxylic acids is 1. The molecule has 2 rings (SSSR count). The molecule has 0 heterocycles. The van der Waals surface area contributed by atoms with E-state index in [2.05, 4.69) is 10.6 Å². The Labute approximate surface area is 127 Å². The minimum atomic E-state index is -0.235. The standard InChI is InChI=1S/C15H15ClN2OS/c1-20-14-8-2-11(3-9-14)10-17-15(19)18-13-6-4-12(16)5-7-13/h2-9H,10H2,1H3,(H2,17,18,19). The molecule has 0 aliphatic carbocycles. The predicted octanol–water partition coefficient (Wildman–Crippen LogP) is 4.38. The first-order valence-corrected chi connectivity index (χ1v) is 7.71. The molecule has 3 nitrogen and oxygen atoms in total. The van der Waals surface area contributed by atoms with Crippen molar-refractivity contribution in [3.05, 3.63) is 59.1 Å². The Bertz CT molecular complexity index is 569. The second-order valence-electron chi connectivity index (χ2n) is 4.16.